The summed E-state index contributed by atoms with van der Waals surface area (Å²) in [4.78, 5) is 26.9. The molecule has 2 aromatic carbocycles. The highest BCUT2D eigenvalue weighted by atomic mass is 16.5. The molecule has 1 aliphatic rings. The first kappa shape index (κ1) is 20.6. The molecular weight excluding hydrogens is 370 g/mol. The van der Waals surface area contributed by atoms with Crippen molar-refractivity contribution in [3.63, 3.8) is 0 Å². The zero-order valence-electron chi connectivity index (χ0n) is 16.8. The highest BCUT2D eigenvalue weighted by molar-refractivity contribution is 6.46. The minimum Gasteiger partial charge on any atom is -0.507 e. The van der Waals surface area contributed by atoms with Gasteiger partial charge in [-0.3, -0.25) is 9.59 Å². The maximum Gasteiger partial charge on any atom is 0.295 e. The lowest BCUT2D eigenvalue weighted by molar-refractivity contribution is -0.140. The number of likely N-dealkylation sites (tertiary alicyclic amines) is 1. The topological polar surface area (TPSA) is 76.1 Å². The average molecular weight is 395 g/mol. The molecule has 3 rings (SSSR count). The molecule has 152 valence electrons. The second-order valence-electron chi connectivity index (χ2n) is 7.09. The lowest BCUT2D eigenvalue weighted by Gasteiger charge is -2.25. The Bertz CT molecular complexity index is 903. The van der Waals surface area contributed by atoms with E-state index in [1.165, 1.54) is 12.0 Å². The summed E-state index contributed by atoms with van der Waals surface area (Å²) in [5, 5.41) is 11.0. The van der Waals surface area contributed by atoms with Gasteiger partial charge in [0.15, 0.2) is 0 Å². The van der Waals surface area contributed by atoms with E-state index in [-0.39, 0.29) is 30.6 Å². The molecule has 29 heavy (non-hydrogen) atoms. The number of carbonyl (C=O) groups is 2. The molecule has 2 aromatic rings. The summed E-state index contributed by atoms with van der Waals surface area (Å²) in [6.07, 6.45) is 0.0265. The third-order valence-corrected chi connectivity index (χ3v) is 4.69. The molecule has 0 saturated carbocycles. The summed E-state index contributed by atoms with van der Waals surface area (Å²) in [5.41, 5.74) is 1.28. The highest BCUT2D eigenvalue weighted by Gasteiger charge is 2.45. The molecule has 1 saturated heterocycles. The van der Waals surface area contributed by atoms with Gasteiger partial charge in [0.2, 0.25) is 0 Å². The normalized spacial score (nSPS) is 18.5. The first-order valence-corrected chi connectivity index (χ1v) is 9.53. The number of benzene rings is 2. The smallest absolute Gasteiger partial charge is 0.295 e. The van der Waals surface area contributed by atoms with Gasteiger partial charge in [-0.05, 0) is 43.7 Å². The van der Waals surface area contributed by atoms with Gasteiger partial charge >= 0.3 is 0 Å². The van der Waals surface area contributed by atoms with E-state index in [0.717, 1.165) is 5.56 Å². The van der Waals surface area contributed by atoms with Crippen LogP contribution in [0.25, 0.3) is 5.76 Å². The number of methoxy groups -OCH3 is 1. The van der Waals surface area contributed by atoms with E-state index in [1.807, 2.05) is 44.2 Å². The van der Waals surface area contributed by atoms with E-state index in [9.17, 15) is 14.7 Å². The number of ether oxygens (including phenoxy) is 2. The van der Waals surface area contributed by atoms with Crippen LogP contribution in [0, 0.1) is 0 Å². The zero-order chi connectivity index (χ0) is 21.0. The fraction of sp³-hybridized carbons (Fsp3) is 0.304. The van der Waals surface area contributed by atoms with Crippen LogP contribution in [0.5, 0.6) is 5.75 Å². The van der Waals surface area contributed by atoms with Crippen molar-refractivity contribution in [3.05, 3.63) is 71.3 Å². The lowest BCUT2D eigenvalue weighted by Crippen LogP contribution is -2.32. The molecule has 1 unspecified atom stereocenters. The highest BCUT2D eigenvalue weighted by Crippen LogP contribution is 2.39. The number of hydrogen-bond acceptors (Lipinski definition) is 5. The fourth-order valence-electron chi connectivity index (χ4n) is 3.40. The number of aliphatic hydroxyl groups excluding tert-OH is 1. The Morgan fingerprint density at radius 1 is 1.07 bits per heavy atom. The first-order chi connectivity index (χ1) is 13.9. The Kier molecular flexibility index (Phi) is 6.34. The van der Waals surface area contributed by atoms with Crippen LogP contribution in [0.3, 0.4) is 0 Å². The Hall–Kier alpha value is -3.12. The van der Waals surface area contributed by atoms with Crippen molar-refractivity contribution in [2.75, 3.05) is 20.3 Å². The van der Waals surface area contributed by atoms with E-state index in [1.54, 1.807) is 24.3 Å². The Balaban J connectivity index is 2.05. The fourth-order valence-corrected chi connectivity index (χ4v) is 3.40. The molecule has 6 nitrogen and oxygen atoms in total. The summed E-state index contributed by atoms with van der Waals surface area (Å²) >= 11 is 0. The lowest BCUT2D eigenvalue weighted by atomic mass is 9.95. The molecule has 6 heteroatoms. The molecule has 0 bridgehead atoms. The minimum atomic E-state index is -0.699. The summed E-state index contributed by atoms with van der Waals surface area (Å²) in [6.45, 7) is 4.39. The van der Waals surface area contributed by atoms with Crippen LogP contribution in [0.15, 0.2) is 60.2 Å². The standard InChI is InChI=1S/C23H25NO5/c1-15(2)29-18-11-9-17(10-12-18)21(25)19-20(16-7-5-4-6-8-16)24(13-14-28-3)23(27)22(19)26/h4-12,15,20,25H,13-14H2,1-3H3. The van der Waals surface area contributed by atoms with Crippen LogP contribution in [-0.4, -0.2) is 48.1 Å². The van der Waals surface area contributed by atoms with Crippen LogP contribution in [0.2, 0.25) is 0 Å². The molecule has 0 aliphatic carbocycles. The van der Waals surface area contributed by atoms with Gasteiger partial charge in [0, 0.05) is 19.2 Å². The molecule has 1 fully saturated rings. The van der Waals surface area contributed by atoms with Crippen LogP contribution < -0.4 is 4.74 Å². The second kappa shape index (κ2) is 8.92. The summed E-state index contributed by atoms with van der Waals surface area (Å²) in [7, 11) is 1.54. The average Bonchev–Trinajstić information content (AvgIpc) is 2.97. The van der Waals surface area contributed by atoms with Gasteiger partial charge in [-0.2, -0.15) is 0 Å². The molecule has 0 spiro atoms. The van der Waals surface area contributed by atoms with Crippen LogP contribution in [0.1, 0.15) is 31.0 Å². The molecule has 1 atom stereocenters. The number of aliphatic hydroxyl groups is 1. The minimum absolute atomic E-state index is 0.0265. The van der Waals surface area contributed by atoms with Crippen LogP contribution >= 0.6 is 0 Å². The van der Waals surface area contributed by atoms with Crippen molar-refractivity contribution in [1.82, 2.24) is 4.90 Å². The number of rotatable bonds is 7. The largest absolute Gasteiger partial charge is 0.507 e. The van der Waals surface area contributed by atoms with Gasteiger partial charge in [0.25, 0.3) is 11.7 Å². The monoisotopic (exact) mass is 395 g/mol. The van der Waals surface area contributed by atoms with Crippen molar-refractivity contribution in [2.24, 2.45) is 0 Å². The molecule has 0 aromatic heterocycles. The molecule has 0 radical (unpaired) electrons. The zero-order valence-corrected chi connectivity index (χ0v) is 16.8. The van der Waals surface area contributed by atoms with E-state index >= 15 is 0 Å². The quantitative estimate of drug-likeness (QED) is 0.441. The molecule has 1 heterocycles. The molecular formula is C23H25NO5. The van der Waals surface area contributed by atoms with Crippen molar-refractivity contribution in [1.29, 1.82) is 0 Å². The van der Waals surface area contributed by atoms with Gasteiger partial charge in [-0.25, -0.2) is 0 Å². The Morgan fingerprint density at radius 3 is 2.31 bits per heavy atom. The number of carbonyl (C=O) groups excluding carboxylic acids is 2. The van der Waals surface area contributed by atoms with Gasteiger partial charge in [0.05, 0.1) is 24.3 Å². The van der Waals surface area contributed by atoms with E-state index in [0.29, 0.717) is 11.3 Å². The number of nitrogens with zero attached hydrogens (tertiary/aromatic N) is 1. The summed E-state index contributed by atoms with van der Waals surface area (Å²) in [6, 6.07) is 15.4. The number of amides is 1. The predicted octanol–water partition coefficient (Wildman–Crippen LogP) is 3.54. The van der Waals surface area contributed by atoms with Crippen LogP contribution in [-0.2, 0) is 14.3 Å². The number of Topliss-reactive ketones (excluding diaryl/α,β-unsaturated/α-hetero) is 1. The van der Waals surface area contributed by atoms with Crippen molar-refractivity contribution in [2.45, 2.75) is 26.0 Å². The van der Waals surface area contributed by atoms with Gasteiger partial charge < -0.3 is 19.5 Å². The third-order valence-electron chi connectivity index (χ3n) is 4.69. The number of hydrogen-bond donors (Lipinski definition) is 1. The Labute approximate surface area is 170 Å². The SMILES string of the molecule is COCCN1C(=O)C(=O)C(=C(O)c2ccc(OC(C)C)cc2)C1c1ccccc1. The maximum atomic E-state index is 12.8. The van der Waals surface area contributed by atoms with Gasteiger partial charge in [-0.1, -0.05) is 30.3 Å². The van der Waals surface area contributed by atoms with Crippen molar-refractivity contribution in [3.8, 4) is 5.75 Å². The summed E-state index contributed by atoms with van der Waals surface area (Å²) < 4.78 is 10.7. The predicted molar refractivity (Wildman–Crippen MR) is 110 cm³/mol. The van der Waals surface area contributed by atoms with Crippen molar-refractivity contribution >= 4 is 17.4 Å². The second-order valence-corrected chi connectivity index (χ2v) is 7.09. The van der Waals surface area contributed by atoms with Crippen molar-refractivity contribution < 1.29 is 24.2 Å². The van der Waals surface area contributed by atoms with E-state index < -0.39 is 17.7 Å². The van der Waals surface area contributed by atoms with Crippen LogP contribution in [0.4, 0.5) is 0 Å². The van der Waals surface area contributed by atoms with Gasteiger partial charge in [-0.15, -0.1) is 0 Å². The van der Waals surface area contributed by atoms with Gasteiger partial charge in [0.1, 0.15) is 11.5 Å². The molecule has 1 aliphatic heterocycles. The Morgan fingerprint density at radius 2 is 1.72 bits per heavy atom. The summed E-state index contributed by atoms with van der Waals surface area (Å²) in [5.74, 6) is -0.878. The first-order valence-electron chi connectivity index (χ1n) is 9.53. The third kappa shape index (κ3) is 4.32. The molecule has 1 amide bonds. The maximum absolute atomic E-state index is 12.8. The number of ketones is 1. The van der Waals surface area contributed by atoms with E-state index in [4.69, 9.17) is 9.47 Å². The molecule has 1 N–H and O–H groups in total. The van der Waals surface area contributed by atoms with E-state index in [2.05, 4.69) is 0 Å².